The van der Waals surface area contributed by atoms with E-state index < -0.39 is 0 Å². The summed E-state index contributed by atoms with van der Waals surface area (Å²) in [6.45, 7) is 6.48. The topological polar surface area (TPSA) is 70.8 Å². The van der Waals surface area contributed by atoms with Gasteiger partial charge < -0.3 is 19.5 Å². The first-order valence-corrected chi connectivity index (χ1v) is 10.5. The molecule has 1 aromatic heterocycles. The Labute approximate surface area is 171 Å². The van der Waals surface area contributed by atoms with E-state index in [1.165, 1.54) is 5.56 Å². The molecule has 154 valence electrons. The van der Waals surface area contributed by atoms with Crippen LogP contribution >= 0.6 is 0 Å². The van der Waals surface area contributed by atoms with Gasteiger partial charge in [-0.25, -0.2) is 0 Å². The summed E-state index contributed by atoms with van der Waals surface area (Å²) < 4.78 is 11.2. The van der Waals surface area contributed by atoms with E-state index in [1.54, 1.807) is 6.07 Å². The molecule has 7 heteroatoms. The van der Waals surface area contributed by atoms with Crippen LogP contribution in [-0.4, -0.2) is 55.3 Å². The lowest BCUT2D eigenvalue weighted by molar-refractivity contribution is 0.0922. The van der Waals surface area contributed by atoms with Gasteiger partial charge >= 0.3 is 0 Å². The van der Waals surface area contributed by atoms with E-state index in [-0.39, 0.29) is 11.9 Å². The lowest BCUT2D eigenvalue weighted by Crippen LogP contribution is -2.40. The van der Waals surface area contributed by atoms with Gasteiger partial charge in [-0.2, -0.15) is 0 Å². The number of aromatic nitrogens is 1. The standard InChI is InChI=1S/C22H28N4O3/c1-14-11-26(12-15-3-6-19-21(9-15)28-8-7-25(19)2)13-18(14)23-22(27)17-10-20(29-24-17)16-4-5-16/h3,6,9-10,14,16,18H,4-5,7-8,11-13H2,1-2H3,(H,23,27)/t14-,18+/m0/s1. The van der Waals surface area contributed by atoms with Crippen LogP contribution in [0.15, 0.2) is 28.8 Å². The van der Waals surface area contributed by atoms with Crippen LogP contribution in [0.5, 0.6) is 5.75 Å². The highest BCUT2D eigenvalue weighted by atomic mass is 16.5. The average molecular weight is 396 g/mol. The Morgan fingerprint density at radius 1 is 1.28 bits per heavy atom. The molecule has 1 aliphatic carbocycles. The van der Waals surface area contributed by atoms with Crippen molar-refractivity contribution in [3.8, 4) is 5.75 Å². The number of rotatable bonds is 5. The van der Waals surface area contributed by atoms with Gasteiger partial charge in [0.2, 0.25) is 0 Å². The highest BCUT2D eigenvalue weighted by Crippen LogP contribution is 2.40. The first kappa shape index (κ1) is 18.5. The van der Waals surface area contributed by atoms with Crippen molar-refractivity contribution in [3.05, 3.63) is 41.3 Å². The van der Waals surface area contributed by atoms with Crippen LogP contribution in [0.1, 0.15) is 47.5 Å². The van der Waals surface area contributed by atoms with E-state index in [0.717, 1.165) is 62.8 Å². The van der Waals surface area contributed by atoms with E-state index >= 15 is 0 Å². The fourth-order valence-corrected chi connectivity index (χ4v) is 4.34. The lowest BCUT2D eigenvalue weighted by Gasteiger charge is -2.28. The van der Waals surface area contributed by atoms with Crippen LogP contribution in [0.4, 0.5) is 5.69 Å². The summed E-state index contributed by atoms with van der Waals surface area (Å²) in [5.74, 6) is 2.52. The van der Waals surface area contributed by atoms with E-state index in [1.807, 2.05) is 0 Å². The number of hydrogen-bond acceptors (Lipinski definition) is 6. The molecule has 1 amide bonds. The first-order valence-electron chi connectivity index (χ1n) is 10.5. The van der Waals surface area contributed by atoms with Gasteiger partial charge in [-0.15, -0.1) is 0 Å². The van der Waals surface area contributed by atoms with Gasteiger partial charge in [-0.1, -0.05) is 18.1 Å². The molecular weight excluding hydrogens is 368 g/mol. The number of likely N-dealkylation sites (tertiary alicyclic amines) is 1. The van der Waals surface area contributed by atoms with Gasteiger partial charge in [0.25, 0.3) is 5.91 Å². The first-order chi connectivity index (χ1) is 14.1. The molecule has 29 heavy (non-hydrogen) atoms. The Morgan fingerprint density at radius 3 is 2.97 bits per heavy atom. The number of carbonyl (C=O) groups is 1. The fraction of sp³-hybridized carbons (Fsp3) is 0.545. The zero-order valence-electron chi connectivity index (χ0n) is 17.1. The highest BCUT2D eigenvalue weighted by Gasteiger charge is 2.33. The number of benzene rings is 1. The molecule has 1 saturated carbocycles. The number of fused-ring (bicyclic) bond motifs is 1. The second kappa shape index (κ2) is 7.37. The Hall–Kier alpha value is -2.54. The molecule has 1 saturated heterocycles. The maximum absolute atomic E-state index is 12.6. The van der Waals surface area contributed by atoms with Crippen molar-refractivity contribution in [2.75, 3.05) is 38.2 Å². The average Bonchev–Trinajstić information content (AvgIpc) is 3.33. The third kappa shape index (κ3) is 3.83. The molecule has 0 bridgehead atoms. The minimum atomic E-state index is -0.135. The quantitative estimate of drug-likeness (QED) is 0.838. The van der Waals surface area contributed by atoms with E-state index in [4.69, 9.17) is 9.26 Å². The summed E-state index contributed by atoms with van der Waals surface area (Å²) in [4.78, 5) is 17.2. The molecule has 2 fully saturated rings. The molecule has 1 aromatic carbocycles. The number of anilines is 1. The van der Waals surface area contributed by atoms with Crippen molar-refractivity contribution in [1.29, 1.82) is 0 Å². The summed E-state index contributed by atoms with van der Waals surface area (Å²) in [6, 6.07) is 8.38. The van der Waals surface area contributed by atoms with Crippen molar-refractivity contribution in [2.24, 2.45) is 5.92 Å². The lowest BCUT2D eigenvalue weighted by atomic mass is 10.1. The number of ether oxygens (including phenoxy) is 1. The van der Waals surface area contributed by atoms with Crippen LogP contribution in [0.3, 0.4) is 0 Å². The van der Waals surface area contributed by atoms with E-state index in [2.05, 4.69) is 52.4 Å². The molecule has 7 nitrogen and oxygen atoms in total. The number of nitrogens with one attached hydrogen (secondary N) is 1. The summed E-state index contributed by atoms with van der Waals surface area (Å²) in [5, 5.41) is 7.11. The molecule has 0 spiro atoms. The molecule has 3 heterocycles. The number of amides is 1. The van der Waals surface area contributed by atoms with E-state index in [9.17, 15) is 4.79 Å². The van der Waals surface area contributed by atoms with Crippen molar-refractivity contribution in [2.45, 2.75) is 38.3 Å². The molecule has 0 unspecified atom stereocenters. The van der Waals surface area contributed by atoms with Gasteiger partial charge in [-0.3, -0.25) is 9.69 Å². The molecule has 5 rings (SSSR count). The Bertz CT molecular complexity index is 907. The second-order valence-corrected chi connectivity index (χ2v) is 8.71. The van der Waals surface area contributed by atoms with Crippen LogP contribution in [-0.2, 0) is 6.54 Å². The fourth-order valence-electron chi connectivity index (χ4n) is 4.34. The molecule has 0 radical (unpaired) electrons. The summed E-state index contributed by atoms with van der Waals surface area (Å²) >= 11 is 0. The number of likely N-dealkylation sites (N-methyl/N-ethyl adjacent to an activating group) is 1. The largest absolute Gasteiger partial charge is 0.490 e. The van der Waals surface area contributed by atoms with Crippen LogP contribution < -0.4 is 15.0 Å². The third-order valence-electron chi connectivity index (χ3n) is 6.27. The zero-order valence-corrected chi connectivity index (χ0v) is 17.1. The minimum absolute atomic E-state index is 0.114. The van der Waals surface area contributed by atoms with Gasteiger partial charge in [0.1, 0.15) is 18.1 Å². The monoisotopic (exact) mass is 396 g/mol. The van der Waals surface area contributed by atoms with Gasteiger partial charge in [0.05, 0.1) is 12.2 Å². The predicted molar refractivity (Wildman–Crippen MR) is 109 cm³/mol. The van der Waals surface area contributed by atoms with Crippen LogP contribution in [0.2, 0.25) is 0 Å². The summed E-state index contributed by atoms with van der Waals surface area (Å²) in [6.07, 6.45) is 2.27. The molecule has 2 atom stereocenters. The molecule has 3 aliphatic rings. The van der Waals surface area contributed by atoms with Crippen molar-refractivity contribution >= 4 is 11.6 Å². The van der Waals surface area contributed by atoms with Gasteiger partial charge in [0, 0.05) is 44.7 Å². The van der Waals surface area contributed by atoms with Crippen LogP contribution in [0, 0.1) is 5.92 Å². The van der Waals surface area contributed by atoms with Crippen molar-refractivity contribution < 1.29 is 14.1 Å². The third-order valence-corrected chi connectivity index (χ3v) is 6.27. The molecule has 2 aliphatic heterocycles. The minimum Gasteiger partial charge on any atom is -0.490 e. The molecule has 1 N–H and O–H groups in total. The van der Waals surface area contributed by atoms with Crippen LogP contribution in [0.25, 0.3) is 0 Å². The zero-order chi connectivity index (χ0) is 20.0. The Morgan fingerprint density at radius 2 is 2.14 bits per heavy atom. The Kier molecular flexibility index (Phi) is 4.70. The second-order valence-electron chi connectivity index (χ2n) is 8.71. The maximum atomic E-state index is 12.6. The predicted octanol–water partition coefficient (Wildman–Crippen LogP) is 2.63. The molecular formula is C22H28N4O3. The molecule has 2 aromatic rings. The maximum Gasteiger partial charge on any atom is 0.273 e. The van der Waals surface area contributed by atoms with Crippen molar-refractivity contribution in [1.82, 2.24) is 15.4 Å². The van der Waals surface area contributed by atoms with E-state index in [0.29, 0.717) is 17.5 Å². The SMILES string of the molecule is C[C@H]1CN(Cc2ccc3c(c2)OCCN3C)C[C@H]1NC(=O)c1cc(C2CC2)on1. The summed E-state index contributed by atoms with van der Waals surface area (Å²) in [7, 11) is 2.10. The van der Waals surface area contributed by atoms with Gasteiger partial charge in [-0.05, 0) is 36.5 Å². The highest BCUT2D eigenvalue weighted by molar-refractivity contribution is 5.92. The summed E-state index contributed by atoms with van der Waals surface area (Å²) in [5.41, 5.74) is 2.79. The normalized spacial score (nSPS) is 24.3. The number of carbonyl (C=O) groups excluding carboxylic acids is 1. The number of nitrogens with zero attached hydrogens (tertiary/aromatic N) is 3. The van der Waals surface area contributed by atoms with Gasteiger partial charge in [0.15, 0.2) is 5.69 Å². The number of hydrogen-bond donors (Lipinski definition) is 1. The van der Waals surface area contributed by atoms with Crippen molar-refractivity contribution in [3.63, 3.8) is 0 Å². The smallest absolute Gasteiger partial charge is 0.273 e. The Balaban J connectivity index is 1.20.